The molecule has 0 amide bonds. The summed E-state index contributed by atoms with van der Waals surface area (Å²) in [4.78, 5) is 8.21. The van der Waals surface area contributed by atoms with Gasteiger partial charge in [0.1, 0.15) is 5.82 Å². The number of rotatable bonds is 5. The third-order valence-electron chi connectivity index (χ3n) is 2.42. The Hall–Kier alpha value is -1.66. The zero-order chi connectivity index (χ0) is 12.8. The van der Waals surface area contributed by atoms with E-state index in [-0.39, 0.29) is 0 Å². The zero-order valence-corrected chi connectivity index (χ0v) is 11.3. The van der Waals surface area contributed by atoms with E-state index in [1.54, 1.807) is 6.20 Å². The summed E-state index contributed by atoms with van der Waals surface area (Å²) in [7, 11) is 0. The number of nitrogens with zero attached hydrogens (tertiary/aromatic N) is 2. The Balaban J connectivity index is 1.94. The van der Waals surface area contributed by atoms with Gasteiger partial charge in [-0.3, -0.25) is 5.43 Å². The van der Waals surface area contributed by atoms with E-state index >= 15 is 0 Å². The summed E-state index contributed by atoms with van der Waals surface area (Å²) < 4.78 is 0.814. The maximum Gasteiger partial charge on any atom is 0.239 e. The van der Waals surface area contributed by atoms with Crippen molar-refractivity contribution < 1.29 is 0 Å². The normalized spacial score (nSPS) is 10.1. The second-order valence-corrected chi connectivity index (χ2v) is 4.55. The highest BCUT2D eigenvalue weighted by Crippen LogP contribution is 2.19. The van der Waals surface area contributed by atoms with E-state index < -0.39 is 0 Å². The van der Waals surface area contributed by atoms with E-state index in [1.807, 2.05) is 18.2 Å². The molecule has 5 nitrogen and oxygen atoms in total. The van der Waals surface area contributed by atoms with Crippen LogP contribution in [0.25, 0.3) is 0 Å². The molecule has 0 saturated heterocycles. The Morgan fingerprint density at radius 3 is 2.72 bits per heavy atom. The van der Waals surface area contributed by atoms with Crippen LogP contribution in [0.3, 0.4) is 0 Å². The van der Waals surface area contributed by atoms with Crippen molar-refractivity contribution in [3.8, 4) is 0 Å². The second kappa shape index (κ2) is 6.32. The molecule has 2 aromatic rings. The van der Waals surface area contributed by atoms with Crippen LogP contribution in [-0.4, -0.2) is 16.5 Å². The summed E-state index contributed by atoms with van der Waals surface area (Å²) in [5.41, 5.74) is 3.70. The van der Waals surface area contributed by atoms with Crippen LogP contribution >= 0.6 is 15.9 Å². The number of benzene rings is 1. The van der Waals surface area contributed by atoms with Gasteiger partial charge in [-0.05, 0) is 27.9 Å². The summed E-state index contributed by atoms with van der Waals surface area (Å²) in [5.74, 6) is 6.39. The quantitative estimate of drug-likeness (QED) is 0.583. The van der Waals surface area contributed by atoms with Crippen molar-refractivity contribution in [2.24, 2.45) is 5.84 Å². The van der Waals surface area contributed by atoms with Crippen LogP contribution in [0.5, 0.6) is 0 Å². The third kappa shape index (κ3) is 3.41. The molecule has 0 fully saturated rings. The Labute approximate surface area is 114 Å². The molecule has 0 unspecified atom stereocenters. The molecule has 0 spiro atoms. The summed E-state index contributed by atoms with van der Waals surface area (Å²) in [6, 6.07) is 10.3. The number of hydrogen-bond donors (Lipinski definition) is 3. The van der Waals surface area contributed by atoms with Crippen LogP contribution in [0, 0.1) is 0 Å². The minimum Gasteiger partial charge on any atom is -0.369 e. The molecule has 0 atom stereocenters. The molecular weight excluding hydrogens is 294 g/mol. The molecule has 0 aliphatic heterocycles. The van der Waals surface area contributed by atoms with Gasteiger partial charge in [-0.1, -0.05) is 30.3 Å². The van der Waals surface area contributed by atoms with Gasteiger partial charge >= 0.3 is 0 Å². The molecular formula is C12H14BrN5. The molecule has 0 aliphatic carbocycles. The molecule has 1 aromatic heterocycles. The van der Waals surface area contributed by atoms with Crippen molar-refractivity contribution in [1.29, 1.82) is 0 Å². The minimum absolute atomic E-state index is 0.389. The summed E-state index contributed by atoms with van der Waals surface area (Å²) >= 11 is 3.39. The Kier molecular flexibility index (Phi) is 4.49. The van der Waals surface area contributed by atoms with E-state index in [9.17, 15) is 0 Å². The average molecular weight is 308 g/mol. The van der Waals surface area contributed by atoms with Crippen LogP contribution in [0.2, 0.25) is 0 Å². The molecule has 94 valence electrons. The highest BCUT2D eigenvalue weighted by atomic mass is 79.9. The van der Waals surface area contributed by atoms with E-state index in [0.29, 0.717) is 5.95 Å². The number of nitrogens with one attached hydrogen (secondary N) is 2. The lowest BCUT2D eigenvalue weighted by molar-refractivity contribution is 0.993. The first-order valence-corrected chi connectivity index (χ1v) is 6.36. The largest absolute Gasteiger partial charge is 0.369 e. The van der Waals surface area contributed by atoms with Gasteiger partial charge < -0.3 is 5.32 Å². The monoisotopic (exact) mass is 307 g/mol. The lowest BCUT2D eigenvalue weighted by atomic mass is 10.1. The molecule has 2 rings (SSSR count). The van der Waals surface area contributed by atoms with Crippen molar-refractivity contribution in [2.75, 3.05) is 17.3 Å². The predicted molar refractivity (Wildman–Crippen MR) is 76.2 cm³/mol. The van der Waals surface area contributed by atoms with Crippen LogP contribution in [0.15, 0.2) is 41.0 Å². The van der Waals surface area contributed by atoms with Crippen molar-refractivity contribution >= 4 is 27.7 Å². The van der Waals surface area contributed by atoms with E-state index in [2.05, 4.69) is 48.8 Å². The maximum absolute atomic E-state index is 5.27. The summed E-state index contributed by atoms with van der Waals surface area (Å²) in [6.45, 7) is 0.795. The Morgan fingerprint density at radius 1 is 1.22 bits per heavy atom. The number of nitrogen functional groups attached to an aromatic ring is 1. The van der Waals surface area contributed by atoms with Crippen molar-refractivity contribution in [3.05, 3.63) is 46.6 Å². The average Bonchev–Trinajstić information content (AvgIpc) is 2.42. The summed E-state index contributed by atoms with van der Waals surface area (Å²) in [6.07, 6.45) is 2.59. The molecule has 18 heavy (non-hydrogen) atoms. The van der Waals surface area contributed by atoms with Crippen LogP contribution in [0.1, 0.15) is 5.56 Å². The highest BCUT2D eigenvalue weighted by molar-refractivity contribution is 9.10. The number of hydrogen-bond acceptors (Lipinski definition) is 5. The fourth-order valence-electron chi connectivity index (χ4n) is 1.53. The standard InChI is InChI=1S/C12H14BrN5/c13-10-8-16-12(18-14)17-11(10)15-7-6-9-4-2-1-3-5-9/h1-5,8H,6-7,14H2,(H2,15,16,17,18). The molecule has 6 heteroatoms. The molecule has 0 aliphatic rings. The lowest BCUT2D eigenvalue weighted by Gasteiger charge is -2.08. The van der Waals surface area contributed by atoms with E-state index in [4.69, 9.17) is 5.84 Å². The van der Waals surface area contributed by atoms with Gasteiger partial charge in [-0.2, -0.15) is 4.98 Å². The van der Waals surface area contributed by atoms with Gasteiger partial charge in [-0.15, -0.1) is 0 Å². The lowest BCUT2D eigenvalue weighted by Crippen LogP contribution is -2.13. The Morgan fingerprint density at radius 2 is 2.00 bits per heavy atom. The molecule has 0 radical (unpaired) electrons. The van der Waals surface area contributed by atoms with E-state index in [0.717, 1.165) is 23.3 Å². The van der Waals surface area contributed by atoms with Crippen LogP contribution in [0.4, 0.5) is 11.8 Å². The second-order valence-electron chi connectivity index (χ2n) is 3.70. The number of hydrazine groups is 1. The van der Waals surface area contributed by atoms with Gasteiger partial charge in [0.2, 0.25) is 5.95 Å². The van der Waals surface area contributed by atoms with Gasteiger partial charge in [0.05, 0.1) is 4.47 Å². The number of halogens is 1. The van der Waals surface area contributed by atoms with Crippen molar-refractivity contribution in [1.82, 2.24) is 9.97 Å². The van der Waals surface area contributed by atoms with Gasteiger partial charge in [0.15, 0.2) is 0 Å². The fourth-order valence-corrected chi connectivity index (χ4v) is 1.86. The maximum atomic E-state index is 5.27. The van der Waals surface area contributed by atoms with Crippen molar-refractivity contribution in [2.45, 2.75) is 6.42 Å². The predicted octanol–water partition coefficient (Wildman–Crippen LogP) is 2.18. The molecule has 1 aromatic carbocycles. The van der Waals surface area contributed by atoms with Gasteiger partial charge in [0, 0.05) is 12.7 Å². The first-order valence-electron chi connectivity index (χ1n) is 5.56. The molecule has 1 heterocycles. The topological polar surface area (TPSA) is 75.9 Å². The molecule has 0 bridgehead atoms. The first-order chi connectivity index (χ1) is 8.79. The minimum atomic E-state index is 0.389. The van der Waals surface area contributed by atoms with Crippen LogP contribution in [-0.2, 0) is 6.42 Å². The third-order valence-corrected chi connectivity index (χ3v) is 3.00. The zero-order valence-electron chi connectivity index (χ0n) is 9.73. The molecule has 4 N–H and O–H groups in total. The molecule has 0 saturated carbocycles. The van der Waals surface area contributed by atoms with E-state index in [1.165, 1.54) is 5.56 Å². The van der Waals surface area contributed by atoms with Crippen molar-refractivity contribution in [3.63, 3.8) is 0 Å². The number of nitrogens with two attached hydrogens (primary N) is 1. The smallest absolute Gasteiger partial charge is 0.239 e. The van der Waals surface area contributed by atoms with Gasteiger partial charge in [-0.25, -0.2) is 10.8 Å². The SMILES string of the molecule is NNc1ncc(Br)c(NCCc2ccccc2)n1. The number of anilines is 2. The Bertz CT molecular complexity index is 503. The number of aromatic nitrogens is 2. The van der Waals surface area contributed by atoms with Gasteiger partial charge in [0.25, 0.3) is 0 Å². The summed E-state index contributed by atoms with van der Waals surface area (Å²) in [5, 5.41) is 3.24. The highest BCUT2D eigenvalue weighted by Gasteiger charge is 2.03. The van der Waals surface area contributed by atoms with Crippen LogP contribution < -0.4 is 16.6 Å². The first kappa shape index (κ1) is 12.8. The fraction of sp³-hybridized carbons (Fsp3) is 0.167.